The average molecular weight is 947 g/mol. The van der Waals surface area contributed by atoms with Crippen LogP contribution in [0.3, 0.4) is 0 Å². The van der Waals surface area contributed by atoms with Crippen molar-refractivity contribution in [3.05, 3.63) is 41.9 Å². The topological polar surface area (TPSA) is 142 Å². The molecule has 0 N–H and O–H groups in total. The smallest absolute Gasteiger partial charge is 0.494 e. The molecule has 65 heavy (non-hydrogen) atoms. The zero-order valence-corrected chi connectivity index (χ0v) is 43.0. The maximum Gasteiger partial charge on any atom is 0.504 e. The molecule has 0 saturated heterocycles. The van der Waals surface area contributed by atoms with E-state index in [2.05, 4.69) is 32.5 Å². The lowest BCUT2D eigenvalue weighted by molar-refractivity contribution is 0.00377. The molecule has 0 aromatic heterocycles. The quantitative estimate of drug-likeness (QED) is 0.0211. The van der Waals surface area contributed by atoms with Crippen LogP contribution < -0.4 is 18.9 Å². The largest absolute Gasteiger partial charge is 0.504 e. The molecule has 2 aromatic rings. The van der Waals surface area contributed by atoms with Gasteiger partial charge in [-0.15, -0.1) is 4.79 Å². The summed E-state index contributed by atoms with van der Waals surface area (Å²) in [5.74, 6) is 0.451. The lowest BCUT2D eigenvalue weighted by Gasteiger charge is -2.15. The fourth-order valence-corrected chi connectivity index (χ4v) is 11.6. The monoisotopic (exact) mass is 947 g/mol. The van der Waals surface area contributed by atoms with Gasteiger partial charge >= 0.3 is 4.38 Å². The lowest BCUT2D eigenvalue weighted by atomic mass is 10.1. The van der Waals surface area contributed by atoms with E-state index in [0.29, 0.717) is 26.1 Å². The lowest BCUT2D eigenvalue weighted by Crippen LogP contribution is -2.27. The first kappa shape index (κ1) is 58.0. The Balaban J connectivity index is 2.36. The van der Waals surface area contributed by atoms with Crippen molar-refractivity contribution in [3.63, 3.8) is 0 Å². The van der Waals surface area contributed by atoms with Gasteiger partial charge < -0.3 is 24.5 Å². The maximum absolute atomic E-state index is 14.6. The first-order chi connectivity index (χ1) is 31.7. The fraction of sp³-hybridized carbons (Fsp3) is 0.755. The van der Waals surface area contributed by atoms with Gasteiger partial charge in [0.2, 0.25) is 0 Å². The molecule has 0 atom stereocenters. The number of rotatable bonds is 42. The van der Waals surface area contributed by atoms with Crippen molar-refractivity contribution < 1.29 is 40.6 Å². The van der Waals surface area contributed by atoms with Crippen LogP contribution >= 0.6 is 0 Å². The molecule has 0 spiro atoms. The molecule has 2 rings (SSSR count). The van der Waals surface area contributed by atoms with Gasteiger partial charge in [-0.25, -0.2) is 16.8 Å². The highest BCUT2D eigenvalue weighted by Gasteiger charge is 2.47. The first-order valence-corrected chi connectivity index (χ1v) is 29.1. The number of unbranched alkanes of at least 4 members (excludes halogenated alkanes) is 28. The van der Waals surface area contributed by atoms with Crippen molar-refractivity contribution in [2.75, 3.05) is 26.4 Å². The Morgan fingerprint density at radius 1 is 0.385 bits per heavy atom. The normalized spacial score (nSPS) is 11.7. The third kappa shape index (κ3) is 24.5. The molecule has 0 aliphatic rings. The summed E-state index contributed by atoms with van der Waals surface area (Å²) in [6.45, 7) is 10.0. The first-order valence-electron chi connectivity index (χ1n) is 26.2. The molecule has 0 heterocycles. The van der Waals surface area contributed by atoms with Crippen molar-refractivity contribution in [2.45, 2.75) is 243 Å². The second-order valence-corrected chi connectivity index (χ2v) is 21.8. The van der Waals surface area contributed by atoms with Crippen LogP contribution in [0, 0.1) is 0 Å². The van der Waals surface area contributed by atoms with Gasteiger partial charge in [-0.3, -0.25) is 0 Å². The minimum absolute atomic E-state index is 0.0302. The molecular weight excluding hydrogens is 857 g/mol. The Morgan fingerprint density at radius 3 is 0.892 bits per heavy atom. The van der Waals surface area contributed by atoms with E-state index in [-0.39, 0.29) is 36.2 Å². The summed E-state index contributed by atoms with van der Waals surface area (Å²) in [4.78, 5) is 2.14. The second-order valence-electron chi connectivity index (χ2n) is 17.9. The summed E-state index contributed by atoms with van der Waals surface area (Å²) in [7, 11) is -10.0. The highest BCUT2D eigenvalue weighted by atomic mass is 32.3. The predicted molar refractivity (Wildman–Crippen MR) is 268 cm³/mol. The number of ether oxygens (including phenoxy) is 4. The van der Waals surface area contributed by atoms with E-state index >= 15 is 0 Å². The van der Waals surface area contributed by atoms with Crippen LogP contribution in [-0.2, 0) is 19.7 Å². The zero-order valence-electron chi connectivity index (χ0n) is 41.4. The van der Waals surface area contributed by atoms with Crippen molar-refractivity contribution in [2.24, 2.45) is 0 Å². The molecule has 0 unspecified atom stereocenters. The van der Waals surface area contributed by atoms with Gasteiger partial charge in [-0.1, -0.05) is 207 Å². The minimum Gasteiger partial charge on any atom is -0.494 e. The summed E-state index contributed by atoms with van der Waals surface area (Å²) >= 11 is 0. The highest BCUT2D eigenvalue weighted by Crippen LogP contribution is 2.36. The van der Waals surface area contributed by atoms with Crippen molar-refractivity contribution in [3.8, 4) is 23.0 Å². The van der Waals surface area contributed by atoms with Crippen molar-refractivity contribution in [1.29, 1.82) is 0 Å². The standard InChI is InChI=1S/C53H90N2O8S2/c1-5-9-13-17-21-25-29-33-41-60-47-37-39-49(62-43-35-31-27-23-19-15-11-7-3)51(45-47)64(56,57)53(55-54)65(58,59)52-46-48(61-42-34-30-26-22-18-14-10-6-2)38-40-50(52)63-44-36-32-28-24-20-16-12-8-4/h37-40,45-46H,5-36,41-44H2,1-4H3. The van der Waals surface area contributed by atoms with Gasteiger partial charge in [0.05, 0.1) is 26.4 Å². The third-order valence-electron chi connectivity index (χ3n) is 12.0. The molecule has 0 fully saturated rings. The van der Waals surface area contributed by atoms with Crippen LogP contribution in [0.4, 0.5) is 0 Å². The van der Waals surface area contributed by atoms with E-state index in [4.69, 9.17) is 18.9 Å². The van der Waals surface area contributed by atoms with E-state index in [1.165, 1.54) is 140 Å². The van der Waals surface area contributed by atoms with Gasteiger partial charge in [0.25, 0.3) is 19.7 Å². The van der Waals surface area contributed by atoms with Crippen molar-refractivity contribution in [1.82, 2.24) is 0 Å². The molecule has 0 aliphatic heterocycles. The molecule has 10 nitrogen and oxygen atoms in total. The number of hydrogen-bond donors (Lipinski definition) is 0. The van der Waals surface area contributed by atoms with Gasteiger partial charge in [-0.05, 0) is 49.9 Å². The highest BCUT2D eigenvalue weighted by molar-refractivity contribution is 8.31. The molecule has 12 heteroatoms. The third-order valence-corrected chi connectivity index (χ3v) is 16.2. The zero-order chi connectivity index (χ0) is 47.3. The van der Waals surface area contributed by atoms with E-state index < -0.39 is 33.8 Å². The Bertz CT molecular complexity index is 1670. The Hall–Kier alpha value is -3.08. The molecule has 2 aromatic carbocycles. The number of hydrogen-bond acceptors (Lipinski definition) is 8. The van der Waals surface area contributed by atoms with Crippen LogP contribution in [0.2, 0.25) is 0 Å². The van der Waals surface area contributed by atoms with E-state index in [0.717, 1.165) is 77.0 Å². The Kier molecular flexibility index (Phi) is 33.0. The van der Waals surface area contributed by atoms with Crippen LogP contribution in [0.1, 0.15) is 233 Å². The van der Waals surface area contributed by atoms with Crippen molar-refractivity contribution >= 4 is 24.1 Å². The van der Waals surface area contributed by atoms with Crippen LogP contribution in [0.25, 0.3) is 5.53 Å². The molecular formula is C53H90N2O8S2. The summed E-state index contributed by atoms with van der Waals surface area (Å²) in [5.41, 5.74) is 10.4. The van der Waals surface area contributed by atoms with Gasteiger partial charge in [-0.2, -0.15) is 0 Å². The van der Waals surface area contributed by atoms with Crippen LogP contribution in [0.15, 0.2) is 46.2 Å². The number of benzene rings is 2. The van der Waals surface area contributed by atoms with Gasteiger partial charge in [0, 0.05) is 12.1 Å². The fourth-order valence-electron chi connectivity index (χ4n) is 7.94. The summed E-state index contributed by atoms with van der Waals surface area (Å²) in [6, 6.07) is 8.85. The van der Waals surface area contributed by atoms with E-state index in [1.807, 2.05) is 0 Å². The Morgan fingerprint density at radius 2 is 0.631 bits per heavy atom. The van der Waals surface area contributed by atoms with Crippen LogP contribution in [0.5, 0.6) is 23.0 Å². The summed E-state index contributed by atoms with van der Waals surface area (Å²) in [5, 5.41) is 0. The number of sulfone groups is 2. The summed E-state index contributed by atoms with van der Waals surface area (Å²) in [6.07, 6.45) is 35.3. The average Bonchev–Trinajstić information content (AvgIpc) is 3.29. The molecule has 0 bridgehead atoms. The molecule has 0 radical (unpaired) electrons. The maximum atomic E-state index is 14.6. The van der Waals surface area contributed by atoms with E-state index in [1.54, 1.807) is 12.1 Å². The Labute approximate surface area is 397 Å². The molecule has 372 valence electrons. The number of nitrogens with zero attached hydrogens (tertiary/aromatic N) is 2. The summed E-state index contributed by atoms with van der Waals surface area (Å²) < 4.78 is 81.4. The second kappa shape index (κ2) is 37.0. The van der Waals surface area contributed by atoms with Gasteiger partial charge in [0.15, 0.2) is 0 Å². The minimum atomic E-state index is -5.02. The predicted octanol–water partition coefficient (Wildman–Crippen LogP) is 15.6. The molecule has 0 amide bonds. The van der Waals surface area contributed by atoms with Gasteiger partial charge in [0.1, 0.15) is 32.8 Å². The molecule has 0 saturated carbocycles. The van der Waals surface area contributed by atoms with Crippen LogP contribution in [-0.4, -0.2) is 52.4 Å². The SMILES string of the molecule is CCCCCCCCCCOc1ccc(OCCCCCCCCCC)c(S(=O)(=O)C(=[N+]=[N-])S(=O)(=O)c2cc(OCCCCCCCCCC)ccc2OCCCCCCCCCC)c1. The molecule has 0 aliphatic carbocycles. The van der Waals surface area contributed by atoms with E-state index in [9.17, 15) is 22.4 Å².